The number of hydrogen-bond donors (Lipinski definition) is 1. The van der Waals surface area contributed by atoms with Crippen LogP contribution in [0, 0.1) is 11.3 Å². The van der Waals surface area contributed by atoms with E-state index in [-0.39, 0.29) is 17.5 Å². The van der Waals surface area contributed by atoms with Gasteiger partial charge in [0.15, 0.2) is 11.6 Å². The number of nitrogen functional groups attached to an aromatic ring is 1. The maximum Gasteiger partial charge on any atom is 0.171 e. The summed E-state index contributed by atoms with van der Waals surface area (Å²) in [5.74, 6) is 5.76. The maximum absolute atomic E-state index is 12.5. The Morgan fingerprint density at radius 3 is 2.61 bits per heavy atom. The van der Waals surface area contributed by atoms with Gasteiger partial charge in [-0.25, -0.2) is 0 Å². The molecule has 1 aliphatic carbocycles. The third kappa shape index (κ3) is 1.76. The molecule has 0 saturated heterocycles. The van der Waals surface area contributed by atoms with Crippen LogP contribution in [0.3, 0.4) is 0 Å². The van der Waals surface area contributed by atoms with E-state index in [1.54, 1.807) is 6.20 Å². The van der Waals surface area contributed by atoms with Crippen LogP contribution in [0.5, 0.6) is 0 Å². The summed E-state index contributed by atoms with van der Waals surface area (Å²) in [4.78, 5) is 24.6. The molecular weight excluding hydrogens is 228 g/mol. The third-order valence-corrected chi connectivity index (χ3v) is 3.76. The first kappa shape index (κ1) is 12.9. The van der Waals surface area contributed by atoms with Gasteiger partial charge < -0.3 is 5.84 Å². The number of rotatable bonds is 2. The quantitative estimate of drug-likeness (QED) is 0.644. The minimum absolute atomic E-state index is 0.0125. The SMILES string of the molecule is CC(C)C(=O)c1cn(N)c2c1C(=O)C(C)(C)CC2. The summed E-state index contributed by atoms with van der Waals surface area (Å²) in [5.41, 5.74) is 1.43. The first-order valence-electron chi connectivity index (χ1n) is 6.34. The molecule has 0 spiro atoms. The number of aromatic nitrogens is 1. The summed E-state index contributed by atoms with van der Waals surface area (Å²) < 4.78 is 1.44. The lowest BCUT2D eigenvalue weighted by molar-refractivity contribution is 0.0801. The van der Waals surface area contributed by atoms with Crippen molar-refractivity contribution >= 4 is 11.6 Å². The molecule has 0 aliphatic heterocycles. The number of ketones is 2. The molecule has 1 aliphatic rings. The van der Waals surface area contributed by atoms with Crippen molar-refractivity contribution in [3.05, 3.63) is 23.0 Å². The topological polar surface area (TPSA) is 65.1 Å². The summed E-state index contributed by atoms with van der Waals surface area (Å²) in [6.07, 6.45) is 3.12. The minimum Gasteiger partial charge on any atom is -0.339 e. The van der Waals surface area contributed by atoms with Gasteiger partial charge in [0.1, 0.15) is 0 Å². The molecule has 98 valence electrons. The fourth-order valence-corrected chi connectivity index (χ4v) is 2.45. The van der Waals surface area contributed by atoms with Gasteiger partial charge in [0.25, 0.3) is 0 Å². The van der Waals surface area contributed by atoms with E-state index in [1.807, 2.05) is 27.7 Å². The average molecular weight is 248 g/mol. The summed E-state index contributed by atoms with van der Waals surface area (Å²) in [6, 6.07) is 0. The fourth-order valence-electron chi connectivity index (χ4n) is 2.45. The van der Waals surface area contributed by atoms with Crippen LogP contribution in [-0.4, -0.2) is 16.2 Å². The molecule has 0 amide bonds. The van der Waals surface area contributed by atoms with Crippen LogP contribution in [0.2, 0.25) is 0 Å². The average Bonchev–Trinajstić information content (AvgIpc) is 2.60. The van der Waals surface area contributed by atoms with Crippen LogP contribution in [0.25, 0.3) is 0 Å². The molecule has 1 aromatic rings. The van der Waals surface area contributed by atoms with Gasteiger partial charge in [-0.2, -0.15) is 0 Å². The fraction of sp³-hybridized carbons (Fsp3) is 0.571. The summed E-state index contributed by atoms with van der Waals surface area (Å²) in [7, 11) is 0. The van der Waals surface area contributed by atoms with E-state index in [9.17, 15) is 9.59 Å². The molecule has 4 heteroatoms. The number of fused-ring (bicyclic) bond motifs is 1. The van der Waals surface area contributed by atoms with Crippen LogP contribution in [0.1, 0.15) is 60.5 Å². The van der Waals surface area contributed by atoms with Crippen molar-refractivity contribution in [2.75, 3.05) is 5.84 Å². The van der Waals surface area contributed by atoms with E-state index in [0.717, 1.165) is 18.5 Å². The Balaban J connectivity index is 2.60. The lowest BCUT2D eigenvalue weighted by Crippen LogP contribution is -2.32. The van der Waals surface area contributed by atoms with Crippen LogP contribution < -0.4 is 5.84 Å². The van der Waals surface area contributed by atoms with Gasteiger partial charge in [-0.3, -0.25) is 14.3 Å². The predicted molar refractivity (Wildman–Crippen MR) is 70.2 cm³/mol. The zero-order valence-corrected chi connectivity index (χ0v) is 11.4. The third-order valence-electron chi connectivity index (χ3n) is 3.76. The molecule has 4 nitrogen and oxygen atoms in total. The molecule has 18 heavy (non-hydrogen) atoms. The largest absolute Gasteiger partial charge is 0.339 e. The zero-order chi connectivity index (χ0) is 13.7. The summed E-state index contributed by atoms with van der Waals surface area (Å²) >= 11 is 0. The van der Waals surface area contributed by atoms with Gasteiger partial charge in [-0.1, -0.05) is 27.7 Å². The minimum atomic E-state index is -0.402. The number of carbonyl (C=O) groups is 2. The Kier molecular flexibility index (Phi) is 2.84. The normalized spacial score (nSPS) is 17.9. The molecule has 0 bridgehead atoms. The molecule has 2 rings (SSSR count). The van der Waals surface area contributed by atoms with Crippen LogP contribution in [-0.2, 0) is 6.42 Å². The van der Waals surface area contributed by atoms with Gasteiger partial charge in [-0.05, 0) is 12.8 Å². The van der Waals surface area contributed by atoms with Gasteiger partial charge in [0.05, 0.1) is 11.3 Å². The van der Waals surface area contributed by atoms with Crippen molar-refractivity contribution in [3.63, 3.8) is 0 Å². The van der Waals surface area contributed by atoms with E-state index in [0.29, 0.717) is 11.1 Å². The van der Waals surface area contributed by atoms with E-state index >= 15 is 0 Å². The Morgan fingerprint density at radius 2 is 2.06 bits per heavy atom. The highest BCUT2D eigenvalue weighted by Crippen LogP contribution is 2.37. The highest BCUT2D eigenvalue weighted by atomic mass is 16.1. The number of carbonyl (C=O) groups excluding carboxylic acids is 2. The van der Waals surface area contributed by atoms with Crippen LogP contribution >= 0.6 is 0 Å². The van der Waals surface area contributed by atoms with Crippen molar-refractivity contribution in [3.8, 4) is 0 Å². The molecule has 0 saturated carbocycles. The molecule has 0 atom stereocenters. The van der Waals surface area contributed by atoms with Gasteiger partial charge in [0.2, 0.25) is 0 Å². The Labute approximate surface area is 107 Å². The molecule has 1 aromatic heterocycles. The molecule has 0 radical (unpaired) electrons. The maximum atomic E-state index is 12.5. The molecular formula is C14H20N2O2. The monoisotopic (exact) mass is 248 g/mol. The van der Waals surface area contributed by atoms with Crippen LogP contribution in [0.15, 0.2) is 6.20 Å². The van der Waals surface area contributed by atoms with Gasteiger partial charge in [-0.15, -0.1) is 0 Å². The lowest BCUT2D eigenvalue weighted by Gasteiger charge is -2.28. The summed E-state index contributed by atoms with van der Waals surface area (Å²) in [5, 5.41) is 0. The van der Waals surface area contributed by atoms with Crippen molar-refractivity contribution in [1.82, 2.24) is 4.68 Å². The van der Waals surface area contributed by atoms with Gasteiger partial charge >= 0.3 is 0 Å². The van der Waals surface area contributed by atoms with Crippen molar-refractivity contribution in [2.24, 2.45) is 11.3 Å². The molecule has 0 unspecified atom stereocenters. The highest BCUT2D eigenvalue weighted by Gasteiger charge is 2.39. The Morgan fingerprint density at radius 1 is 1.44 bits per heavy atom. The number of nitrogens with zero attached hydrogens (tertiary/aromatic N) is 1. The first-order valence-corrected chi connectivity index (χ1v) is 6.34. The first-order chi connectivity index (χ1) is 8.25. The second-order valence-electron chi connectivity index (χ2n) is 6.00. The van der Waals surface area contributed by atoms with Gasteiger partial charge in [0, 0.05) is 23.1 Å². The van der Waals surface area contributed by atoms with Crippen molar-refractivity contribution < 1.29 is 9.59 Å². The van der Waals surface area contributed by atoms with E-state index in [1.165, 1.54) is 4.68 Å². The summed E-state index contributed by atoms with van der Waals surface area (Å²) in [6.45, 7) is 7.52. The second kappa shape index (κ2) is 3.97. The van der Waals surface area contributed by atoms with E-state index in [4.69, 9.17) is 5.84 Å². The number of nitrogens with two attached hydrogens (primary N) is 1. The Bertz CT molecular complexity index is 524. The molecule has 1 heterocycles. The van der Waals surface area contributed by atoms with Crippen LogP contribution in [0.4, 0.5) is 0 Å². The highest BCUT2D eigenvalue weighted by molar-refractivity contribution is 6.12. The molecule has 0 aromatic carbocycles. The molecule has 2 N–H and O–H groups in total. The molecule has 0 fully saturated rings. The van der Waals surface area contributed by atoms with Crippen molar-refractivity contribution in [2.45, 2.75) is 40.5 Å². The Hall–Kier alpha value is -1.58. The second-order valence-corrected chi connectivity index (χ2v) is 6.00. The van der Waals surface area contributed by atoms with Crippen molar-refractivity contribution in [1.29, 1.82) is 0 Å². The zero-order valence-electron chi connectivity index (χ0n) is 11.4. The van der Waals surface area contributed by atoms with E-state index < -0.39 is 5.41 Å². The standard InChI is InChI=1S/C14H20N2O2/c1-8(2)12(17)9-7-16(15)10-5-6-14(3,4)13(18)11(9)10/h7-8H,5-6,15H2,1-4H3. The lowest BCUT2D eigenvalue weighted by atomic mass is 9.74. The number of Topliss-reactive ketones (excluding diaryl/α,β-unsaturated/α-hetero) is 2. The predicted octanol–water partition coefficient (Wildman–Crippen LogP) is 2.20. The number of hydrogen-bond acceptors (Lipinski definition) is 3. The van der Waals surface area contributed by atoms with E-state index in [2.05, 4.69) is 0 Å². The smallest absolute Gasteiger partial charge is 0.171 e.